The number of anilines is 4. The van der Waals surface area contributed by atoms with Crippen LogP contribution in [-0.2, 0) is 16.2 Å². The maximum atomic E-state index is 9.17. The number of para-hydroxylation sites is 3. The topological polar surface area (TPSA) is 70.5 Å². The second-order valence-electron chi connectivity index (χ2n) is 21.6. The van der Waals surface area contributed by atoms with E-state index in [0.717, 1.165) is 56.1 Å². The third-order valence-electron chi connectivity index (χ3n) is 13.2. The molecule has 0 spiro atoms. The average Bonchev–Trinajstić information content (AvgIpc) is 3.98. The number of nitrogens with zero attached hydrogens (tertiary/aromatic N) is 5. The molecule has 0 saturated carbocycles. The van der Waals surface area contributed by atoms with Gasteiger partial charge in [0.05, 0.1) is 45.0 Å². The van der Waals surface area contributed by atoms with Crippen molar-refractivity contribution in [2.24, 2.45) is 0 Å². The Kier molecular flexibility index (Phi) is 11.9. The number of hydrogen-bond acceptors (Lipinski definition) is 7. The molecule has 4 aromatic carbocycles. The highest BCUT2D eigenvalue weighted by atomic mass is 16.5. The fraction of sp³-hybridized carbons (Fsp3) is 0.206. The largest absolute Gasteiger partial charge is 0.439 e. The fourth-order valence-electron chi connectivity index (χ4n) is 9.30. The number of fused-ring (bicyclic) bond motifs is 4. The van der Waals surface area contributed by atoms with E-state index >= 15 is 0 Å². The molecule has 0 bridgehead atoms. The van der Waals surface area contributed by atoms with Crippen LogP contribution in [0.15, 0.2) is 195 Å². The van der Waals surface area contributed by atoms with Gasteiger partial charge in [-0.25, -0.2) is 9.97 Å². The van der Waals surface area contributed by atoms with Crippen LogP contribution in [0.3, 0.4) is 0 Å². The van der Waals surface area contributed by atoms with E-state index in [4.69, 9.17) is 18.8 Å². The molecule has 362 valence electrons. The molecule has 3 aliphatic heterocycles. The Morgan fingerprint density at radius 3 is 1.88 bits per heavy atom. The van der Waals surface area contributed by atoms with Crippen molar-refractivity contribution in [1.82, 2.24) is 25.2 Å². The van der Waals surface area contributed by atoms with Gasteiger partial charge in [0, 0.05) is 59.3 Å². The number of nitrogens with one attached hydrogen (secondary N) is 2. The van der Waals surface area contributed by atoms with Crippen molar-refractivity contribution in [1.29, 1.82) is 0 Å². The Balaban J connectivity index is 1.14. The molecule has 8 nitrogen and oxygen atoms in total. The Hall–Kier alpha value is -7.97. The smallest absolute Gasteiger partial charge is 0.221 e. The molecule has 6 heterocycles. The molecule has 0 atom stereocenters. The van der Waals surface area contributed by atoms with Gasteiger partial charge in [-0.15, -0.1) is 12.0 Å². The summed E-state index contributed by atoms with van der Waals surface area (Å²) in [6.07, 6.45) is 25.9. The van der Waals surface area contributed by atoms with E-state index in [-0.39, 0.29) is 40.4 Å². The zero-order valence-corrected chi connectivity index (χ0v) is 43.2. The molecule has 2 radical (unpaired) electrons. The van der Waals surface area contributed by atoms with Gasteiger partial charge in [0.15, 0.2) is 14.6 Å². The van der Waals surface area contributed by atoms with Crippen molar-refractivity contribution in [3.63, 3.8) is 0 Å². The van der Waals surface area contributed by atoms with E-state index in [0.29, 0.717) is 45.9 Å². The third kappa shape index (κ3) is 10.3. The molecule has 3 aromatic heterocycles. The zero-order valence-electron chi connectivity index (χ0n) is 47.2. The van der Waals surface area contributed by atoms with Crippen molar-refractivity contribution >= 4 is 70.1 Å². The van der Waals surface area contributed by atoms with Gasteiger partial charge in [-0.3, -0.25) is 4.57 Å². The van der Waals surface area contributed by atoms with E-state index in [1.165, 1.54) is 5.56 Å². The lowest BCUT2D eigenvalue weighted by Gasteiger charge is -2.31. The van der Waals surface area contributed by atoms with Crippen molar-refractivity contribution in [2.45, 2.75) is 78.6 Å². The van der Waals surface area contributed by atoms with Gasteiger partial charge in [-0.1, -0.05) is 128 Å². The van der Waals surface area contributed by atoms with Gasteiger partial charge in [0.2, 0.25) is 5.88 Å². The molecule has 2 N–H and O–H groups in total. The van der Waals surface area contributed by atoms with Crippen molar-refractivity contribution in [2.75, 3.05) is 16.5 Å². The molecule has 10 heteroatoms. The number of benzene rings is 4. The van der Waals surface area contributed by atoms with Crippen LogP contribution in [0.2, 0.25) is 0 Å². The van der Waals surface area contributed by atoms with E-state index in [1.807, 2.05) is 90.1 Å². The van der Waals surface area contributed by atoms with Gasteiger partial charge in [0.25, 0.3) is 0 Å². The first-order valence-corrected chi connectivity index (χ1v) is 24.9. The highest BCUT2D eigenvalue weighted by Gasteiger charge is 2.34. The Bertz CT molecular complexity index is 3660. The fourth-order valence-corrected chi connectivity index (χ4v) is 9.30. The van der Waals surface area contributed by atoms with Crippen LogP contribution in [0.1, 0.15) is 95.7 Å². The Morgan fingerprint density at radius 1 is 0.603 bits per heavy atom. The lowest BCUT2D eigenvalue weighted by Crippen LogP contribution is -2.27. The van der Waals surface area contributed by atoms with E-state index in [1.54, 1.807) is 6.20 Å². The van der Waals surface area contributed by atoms with Gasteiger partial charge in [-0.05, 0) is 118 Å². The first kappa shape index (κ1) is 43.8. The Labute approximate surface area is 438 Å². The molecular weight excluding hydrogens is 892 g/mol. The summed E-state index contributed by atoms with van der Waals surface area (Å²) in [5, 5.41) is 7.58. The molecule has 0 fully saturated rings. The van der Waals surface area contributed by atoms with E-state index in [9.17, 15) is 1.37 Å². The second-order valence-corrected chi connectivity index (χ2v) is 21.6. The molecule has 0 saturated heterocycles. The second kappa shape index (κ2) is 19.9. The summed E-state index contributed by atoms with van der Waals surface area (Å²) in [6, 6.07) is 26.2. The van der Waals surface area contributed by atoms with Crippen LogP contribution < -0.4 is 25.2 Å². The summed E-state index contributed by atoms with van der Waals surface area (Å²) in [4.78, 5) is 14.8. The lowest BCUT2D eigenvalue weighted by molar-refractivity contribution is 0.452. The van der Waals surface area contributed by atoms with Crippen LogP contribution in [0.4, 0.5) is 22.7 Å². The summed E-state index contributed by atoms with van der Waals surface area (Å²) in [5.74, 6) is 5.59. The van der Waals surface area contributed by atoms with E-state index < -0.39 is 0 Å². The molecule has 0 amide bonds. The predicted molar refractivity (Wildman–Crippen MR) is 310 cm³/mol. The minimum atomic E-state index is -0.375. The van der Waals surface area contributed by atoms with Gasteiger partial charge < -0.3 is 25.2 Å². The number of hydrogen-bond donors (Lipinski definition) is 2. The van der Waals surface area contributed by atoms with Gasteiger partial charge in [-0.2, -0.15) is 0 Å². The third-order valence-corrected chi connectivity index (χ3v) is 13.2. The molecule has 10 rings (SSSR count). The number of ether oxygens (including phenoxy) is 1. The van der Waals surface area contributed by atoms with Crippen molar-refractivity contribution in [3.05, 3.63) is 223 Å². The molecule has 0 unspecified atom stereocenters. The van der Waals surface area contributed by atoms with Gasteiger partial charge >= 0.3 is 0 Å². The molecule has 3 aliphatic rings. The summed E-state index contributed by atoms with van der Waals surface area (Å²) in [6.45, 7) is 20.1. The molecule has 73 heavy (non-hydrogen) atoms. The van der Waals surface area contributed by atoms with Gasteiger partial charge in [0.1, 0.15) is 18.2 Å². The molecule has 0 aliphatic carbocycles. The normalized spacial score (nSPS) is 19.9. The number of aromatic nitrogens is 3. The SMILES string of the molecule is [2H]c1c([2H])c([2H])c2c(c1[2H])c1ccc(Oc3cc(N4CN(c5c(/C6=C/C=C\N/C=C\C=C/[B]6)cc(C(C)(C)C)cc5/C5=C/C=C\N/C=C\C=C/[B]5)c5ccccc54)cc(C(C)(C)C)n3)cc1n2-c1cc(C(C)(C)C)ccn1. The summed E-state index contributed by atoms with van der Waals surface area (Å²) in [7, 11) is 4.37. The zero-order chi connectivity index (χ0) is 54.4. The summed E-state index contributed by atoms with van der Waals surface area (Å²) in [5.41, 5.74) is 11.6. The average molecular weight is 960 g/mol. The number of rotatable bonds is 7. The van der Waals surface area contributed by atoms with Crippen LogP contribution >= 0.6 is 0 Å². The molecule has 7 aromatic rings. The summed E-state index contributed by atoms with van der Waals surface area (Å²) >= 11 is 0. The lowest BCUT2D eigenvalue weighted by atomic mass is 9.62. The first-order valence-electron chi connectivity index (χ1n) is 26.9. The van der Waals surface area contributed by atoms with Crippen LogP contribution in [0, 0.1) is 0 Å². The summed E-state index contributed by atoms with van der Waals surface area (Å²) < 4.78 is 44.4. The van der Waals surface area contributed by atoms with Crippen LogP contribution in [-0.4, -0.2) is 35.8 Å². The Morgan fingerprint density at radius 2 is 1.23 bits per heavy atom. The van der Waals surface area contributed by atoms with Crippen LogP contribution in [0.25, 0.3) is 38.6 Å². The van der Waals surface area contributed by atoms with Crippen molar-refractivity contribution in [3.8, 4) is 17.4 Å². The first-order chi connectivity index (χ1) is 36.8. The molecular formula is C63H63B2N7O. The highest BCUT2D eigenvalue weighted by molar-refractivity contribution is 6.67. The maximum Gasteiger partial charge on any atom is 0.221 e. The standard InChI is InChI=1S/C63H63B2N7O/c1-61(2,3)43-28-35-68-58(38-43)72-53-23-11-10-20-47(53)48-27-26-46(41-56(48)72)73-59-40-45(39-57(69-59)63(7,8)9)70-42-71(55-25-13-12-24-54(55)70)60-49(51-21-18-33-66-31-16-14-29-64-51)36-44(62(4,5)6)37-50(60)52-22-19-34-67-32-17-15-30-65-52/h10-41,66-67H,42H2,1-9H3/b29-14-,30-15-,31-16-,32-17-,33-18-,34-19-,51-21-,52-22-/i10D,11D,20D,23D. The number of allylic oxidation sites excluding steroid dienone is 8. The highest BCUT2D eigenvalue weighted by Crippen LogP contribution is 2.50. The quantitative estimate of drug-likeness (QED) is 0.154. The maximum absolute atomic E-state index is 9.17. The minimum absolute atomic E-state index is 0.110. The van der Waals surface area contributed by atoms with Crippen LogP contribution in [0.5, 0.6) is 11.6 Å². The monoisotopic (exact) mass is 960 g/mol. The number of pyridine rings is 2. The predicted octanol–water partition coefficient (Wildman–Crippen LogP) is 14.9. The minimum Gasteiger partial charge on any atom is -0.439 e. The van der Waals surface area contributed by atoms with E-state index in [2.05, 4.69) is 176 Å². The van der Waals surface area contributed by atoms with Crippen molar-refractivity contribution < 1.29 is 10.2 Å².